The number of benzene rings is 3. The van der Waals surface area contributed by atoms with Crippen molar-refractivity contribution in [3.8, 4) is 0 Å². The summed E-state index contributed by atoms with van der Waals surface area (Å²) in [6.07, 6.45) is 8.65. The van der Waals surface area contributed by atoms with Gasteiger partial charge in [0, 0.05) is 28.7 Å². The third kappa shape index (κ3) is 8.50. The number of carboxylic acid groups (broad SMARTS) is 1. The van der Waals surface area contributed by atoms with E-state index < -0.39 is 5.97 Å². The highest BCUT2D eigenvalue weighted by atomic mass is 32.1. The lowest BCUT2D eigenvalue weighted by molar-refractivity contribution is 0.0696. The van der Waals surface area contributed by atoms with Gasteiger partial charge in [-0.1, -0.05) is 50.2 Å². The summed E-state index contributed by atoms with van der Waals surface area (Å²) in [6, 6.07) is 23.1. The van der Waals surface area contributed by atoms with Crippen LogP contribution in [0.25, 0.3) is 0 Å². The molecule has 1 aromatic heterocycles. The van der Waals surface area contributed by atoms with Crippen molar-refractivity contribution < 1.29 is 19.5 Å². The fourth-order valence-electron chi connectivity index (χ4n) is 5.99. The monoisotopic (exact) mass is 637 g/mol. The molecule has 4 aromatic rings. The predicted octanol–water partition coefficient (Wildman–Crippen LogP) is 8.28. The van der Waals surface area contributed by atoms with E-state index >= 15 is 0 Å². The number of hydrogen-bond donors (Lipinski definition) is 4. The largest absolute Gasteiger partial charge is 0.478 e. The molecule has 240 valence electrons. The van der Waals surface area contributed by atoms with Crippen LogP contribution < -0.4 is 16.0 Å². The van der Waals surface area contributed by atoms with Crippen LogP contribution in [0.15, 0.2) is 72.8 Å². The lowest BCUT2D eigenvalue weighted by Gasteiger charge is -2.15. The van der Waals surface area contributed by atoms with E-state index in [1.54, 1.807) is 12.1 Å². The molecule has 1 aliphatic rings. The third-order valence-electron chi connectivity index (χ3n) is 8.74. The van der Waals surface area contributed by atoms with Gasteiger partial charge in [0.2, 0.25) is 0 Å². The molecule has 0 aliphatic heterocycles. The minimum Gasteiger partial charge on any atom is -0.478 e. The number of rotatable bonds is 14. The van der Waals surface area contributed by atoms with E-state index in [-0.39, 0.29) is 11.8 Å². The van der Waals surface area contributed by atoms with Gasteiger partial charge in [0.25, 0.3) is 11.8 Å². The summed E-state index contributed by atoms with van der Waals surface area (Å²) in [5.41, 5.74) is 6.55. The molecule has 0 spiro atoms. The first-order valence-corrected chi connectivity index (χ1v) is 17.2. The average Bonchev–Trinajstić information content (AvgIpc) is 3.44. The van der Waals surface area contributed by atoms with Crippen LogP contribution in [0.4, 0.5) is 10.7 Å². The predicted molar refractivity (Wildman–Crippen MR) is 186 cm³/mol. The second-order valence-corrected chi connectivity index (χ2v) is 13.1. The summed E-state index contributed by atoms with van der Waals surface area (Å²) >= 11 is 1.53. The van der Waals surface area contributed by atoms with Crippen molar-refractivity contribution in [2.24, 2.45) is 0 Å². The molecule has 0 saturated carbocycles. The van der Waals surface area contributed by atoms with E-state index in [1.807, 2.05) is 60.7 Å². The van der Waals surface area contributed by atoms with Crippen molar-refractivity contribution in [2.75, 3.05) is 10.6 Å². The first-order chi connectivity index (χ1) is 22.3. The molecule has 46 heavy (non-hydrogen) atoms. The van der Waals surface area contributed by atoms with Crippen molar-refractivity contribution in [1.29, 1.82) is 0 Å². The van der Waals surface area contributed by atoms with Gasteiger partial charge in [0.05, 0.1) is 11.1 Å². The molecule has 2 amide bonds. The Kier molecular flexibility index (Phi) is 11.4. The quantitative estimate of drug-likeness (QED) is 0.111. The Morgan fingerprint density at radius 3 is 2.13 bits per heavy atom. The molecular weight excluding hydrogens is 595 g/mol. The number of carboxylic acids is 1. The van der Waals surface area contributed by atoms with Crippen molar-refractivity contribution in [1.82, 2.24) is 5.32 Å². The van der Waals surface area contributed by atoms with Crippen LogP contribution in [0.1, 0.15) is 104 Å². The SMILES string of the molecule is CCC(CC)NCc1cccc(C(=O)Nc2sc3c(c2C(=O)Nc2ccc(CCCc4ccc(C(=O)O)cc4)cc2)CCCC3)c1. The normalized spacial score (nSPS) is 12.5. The zero-order valence-corrected chi connectivity index (χ0v) is 27.5. The molecule has 0 atom stereocenters. The molecule has 8 heteroatoms. The van der Waals surface area contributed by atoms with Crippen LogP contribution >= 0.6 is 11.3 Å². The molecule has 7 nitrogen and oxygen atoms in total. The van der Waals surface area contributed by atoms with Crippen LogP contribution in [0.2, 0.25) is 0 Å². The summed E-state index contributed by atoms with van der Waals surface area (Å²) in [6.45, 7) is 5.05. The minimum atomic E-state index is -0.916. The topological polar surface area (TPSA) is 108 Å². The average molecular weight is 638 g/mol. The standard InChI is InChI=1S/C38H43N3O4S/c1-3-30(4-2)39-24-27-11-8-12-29(23-27)35(42)41-37-34(32-13-5-6-14-33(32)46-37)36(43)40-31-21-17-26(18-22-31)10-7-9-25-15-19-28(20-16-25)38(44)45/h8,11-12,15-23,30,39H,3-7,9-10,13-14,24H2,1-2H3,(H,40,43)(H,41,42)(H,44,45). The molecule has 0 bridgehead atoms. The minimum absolute atomic E-state index is 0.199. The fourth-order valence-corrected chi connectivity index (χ4v) is 7.27. The van der Waals surface area contributed by atoms with Gasteiger partial charge >= 0.3 is 5.97 Å². The summed E-state index contributed by atoms with van der Waals surface area (Å²) in [5, 5.41) is 19.4. The van der Waals surface area contributed by atoms with Crippen LogP contribution in [0.3, 0.4) is 0 Å². The zero-order chi connectivity index (χ0) is 32.5. The van der Waals surface area contributed by atoms with Gasteiger partial charge < -0.3 is 21.1 Å². The van der Waals surface area contributed by atoms with Gasteiger partial charge in [-0.15, -0.1) is 11.3 Å². The Bertz CT molecular complexity index is 1660. The van der Waals surface area contributed by atoms with Crippen molar-refractivity contribution >= 4 is 39.8 Å². The van der Waals surface area contributed by atoms with Crippen LogP contribution in [0, 0.1) is 0 Å². The Hall–Kier alpha value is -4.27. The highest BCUT2D eigenvalue weighted by molar-refractivity contribution is 7.17. The van der Waals surface area contributed by atoms with E-state index in [0.29, 0.717) is 40.0 Å². The Morgan fingerprint density at radius 2 is 1.46 bits per heavy atom. The molecule has 0 unspecified atom stereocenters. The maximum atomic E-state index is 13.7. The molecule has 3 aromatic carbocycles. The fraction of sp³-hybridized carbons (Fsp3) is 0.342. The van der Waals surface area contributed by atoms with E-state index in [9.17, 15) is 14.4 Å². The van der Waals surface area contributed by atoms with E-state index in [4.69, 9.17) is 5.11 Å². The lowest BCUT2D eigenvalue weighted by Crippen LogP contribution is -2.27. The van der Waals surface area contributed by atoms with Crippen molar-refractivity contribution in [3.63, 3.8) is 0 Å². The molecule has 4 N–H and O–H groups in total. The molecule has 0 saturated heterocycles. The van der Waals surface area contributed by atoms with Gasteiger partial charge in [-0.05, 0) is 116 Å². The number of nitrogens with one attached hydrogen (secondary N) is 3. The lowest BCUT2D eigenvalue weighted by atomic mass is 9.95. The number of fused-ring (bicyclic) bond motifs is 1. The molecule has 0 fully saturated rings. The number of thiophene rings is 1. The van der Waals surface area contributed by atoms with Gasteiger partial charge in [-0.25, -0.2) is 4.79 Å². The number of carbonyl (C=O) groups is 3. The number of aryl methyl sites for hydroxylation is 3. The Labute approximate surface area is 275 Å². The number of hydrogen-bond acceptors (Lipinski definition) is 5. The summed E-state index contributed by atoms with van der Waals surface area (Å²) < 4.78 is 0. The van der Waals surface area contributed by atoms with Crippen LogP contribution in [-0.2, 0) is 32.2 Å². The van der Waals surface area contributed by atoms with Crippen molar-refractivity contribution in [3.05, 3.63) is 117 Å². The maximum Gasteiger partial charge on any atom is 0.335 e. The Balaban J connectivity index is 1.22. The van der Waals surface area contributed by atoms with Gasteiger partial charge in [-0.2, -0.15) is 0 Å². The van der Waals surface area contributed by atoms with Crippen LogP contribution in [0.5, 0.6) is 0 Å². The molecule has 0 radical (unpaired) electrons. The molecule has 1 aliphatic carbocycles. The highest BCUT2D eigenvalue weighted by Crippen LogP contribution is 2.39. The van der Waals surface area contributed by atoms with Gasteiger partial charge in [0.1, 0.15) is 5.00 Å². The van der Waals surface area contributed by atoms with Gasteiger partial charge in [0.15, 0.2) is 0 Å². The summed E-state index contributed by atoms with van der Waals surface area (Å²) in [5.74, 6) is -1.32. The smallest absolute Gasteiger partial charge is 0.335 e. The number of amides is 2. The van der Waals surface area contributed by atoms with E-state index in [0.717, 1.165) is 74.5 Å². The maximum absolute atomic E-state index is 13.7. The number of carbonyl (C=O) groups excluding carboxylic acids is 2. The number of anilines is 2. The second kappa shape index (κ2) is 15.8. The van der Waals surface area contributed by atoms with Crippen molar-refractivity contribution in [2.45, 2.75) is 84.2 Å². The Morgan fingerprint density at radius 1 is 0.783 bits per heavy atom. The summed E-state index contributed by atoms with van der Waals surface area (Å²) in [4.78, 5) is 39.4. The van der Waals surface area contributed by atoms with Gasteiger partial charge in [-0.3, -0.25) is 9.59 Å². The third-order valence-corrected chi connectivity index (χ3v) is 9.95. The molecule has 1 heterocycles. The molecular formula is C38H43N3O4S. The highest BCUT2D eigenvalue weighted by Gasteiger charge is 2.27. The van der Waals surface area contributed by atoms with E-state index in [2.05, 4.69) is 29.8 Å². The van der Waals surface area contributed by atoms with Crippen LogP contribution in [-0.4, -0.2) is 28.9 Å². The van der Waals surface area contributed by atoms with E-state index in [1.165, 1.54) is 21.8 Å². The second-order valence-electron chi connectivity index (χ2n) is 12.0. The summed E-state index contributed by atoms with van der Waals surface area (Å²) in [7, 11) is 0. The first kappa shape index (κ1) is 33.1. The first-order valence-electron chi connectivity index (χ1n) is 16.3. The zero-order valence-electron chi connectivity index (χ0n) is 26.7. The molecule has 5 rings (SSSR count). The number of aromatic carboxylic acids is 1.